The summed E-state index contributed by atoms with van der Waals surface area (Å²) >= 11 is 0. The SMILES string of the molecule is CCN(CCCO)C(=O)C1CNCCN1. The standard InChI is InChI=1S/C10H21N3O2/c1-2-13(6-3-7-14)10(15)9-8-11-4-5-12-9/h9,11-12,14H,2-8H2,1H3. The Bertz CT molecular complexity index is 193. The molecule has 15 heavy (non-hydrogen) atoms. The molecule has 0 aromatic heterocycles. The Kier molecular flexibility index (Phi) is 5.60. The minimum absolute atomic E-state index is 0.0996. The van der Waals surface area contributed by atoms with Crippen LogP contribution in [0, 0.1) is 0 Å². The fourth-order valence-electron chi connectivity index (χ4n) is 1.73. The van der Waals surface area contributed by atoms with Gasteiger partial charge in [-0.25, -0.2) is 0 Å². The summed E-state index contributed by atoms with van der Waals surface area (Å²) in [4.78, 5) is 13.8. The van der Waals surface area contributed by atoms with E-state index in [0.717, 1.165) is 13.1 Å². The van der Waals surface area contributed by atoms with Gasteiger partial charge in [-0.15, -0.1) is 0 Å². The second kappa shape index (κ2) is 6.76. The van der Waals surface area contributed by atoms with Gasteiger partial charge in [0.15, 0.2) is 0 Å². The number of aliphatic hydroxyl groups is 1. The van der Waals surface area contributed by atoms with Crippen molar-refractivity contribution in [3.8, 4) is 0 Å². The molecule has 1 saturated heterocycles. The molecule has 0 radical (unpaired) electrons. The lowest BCUT2D eigenvalue weighted by Crippen LogP contribution is -2.56. The summed E-state index contributed by atoms with van der Waals surface area (Å²) in [6.07, 6.45) is 0.653. The molecule has 88 valence electrons. The molecule has 1 amide bonds. The van der Waals surface area contributed by atoms with Crippen molar-refractivity contribution in [2.45, 2.75) is 19.4 Å². The Balaban J connectivity index is 2.40. The highest BCUT2D eigenvalue weighted by Gasteiger charge is 2.24. The molecule has 1 rings (SSSR count). The van der Waals surface area contributed by atoms with Gasteiger partial charge in [0.1, 0.15) is 0 Å². The van der Waals surface area contributed by atoms with Crippen molar-refractivity contribution in [3.63, 3.8) is 0 Å². The van der Waals surface area contributed by atoms with Gasteiger partial charge in [-0.3, -0.25) is 4.79 Å². The molecule has 5 nitrogen and oxygen atoms in total. The van der Waals surface area contributed by atoms with Crippen LogP contribution in [0.15, 0.2) is 0 Å². The first-order valence-electron chi connectivity index (χ1n) is 5.63. The molecule has 0 aromatic rings. The number of nitrogens with zero attached hydrogens (tertiary/aromatic N) is 1. The number of piperazine rings is 1. The van der Waals surface area contributed by atoms with Crippen LogP contribution < -0.4 is 10.6 Å². The fraction of sp³-hybridized carbons (Fsp3) is 0.900. The number of hydrogen-bond acceptors (Lipinski definition) is 4. The topological polar surface area (TPSA) is 64.6 Å². The molecule has 5 heteroatoms. The van der Waals surface area contributed by atoms with E-state index in [2.05, 4.69) is 10.6 Å². The third-order valence-electron chi connectivity index (χ3n) is 2.62. The summed E-state index contributed by atoms with van der Waals surface area (Å²) in [5.74, 6) is 0.137. The maximum atomic E-state index is 12.0. The summed E-state index contributed by atoms with van der Waals surface area (Å²) in [6.45, 7) is 5.92. The van der Waals surface area contributed by atoms with E-state index in [0.29, 0.717) is 26.1 Å². The first-order valence-corrected chi connectivity index (χ1v) is 5.63. The first-order chi connectivity index (χ1) is 7.29. The van der Waals surface area contributed by atoms with E-state index in [1.165, 1.54) is 0 Å². The minimum Gasteiger partial charge on any atom is -0.396 e. The van der Waals surface area contributed by atoms with Gasteiger partial charge in [0.2, 0.25) is 5.91 Å². The molecule has 1 heterocycles. The van der Waals surface area contributed by atoms with E-state index in [4.69, 9.17) is 5.11 Å². The third-order valence-corrected chi connectivity index (χ3v) is 2.62. The van der Waals surface area contributed by atoms with Crippen LogP contribution in [0.1, 0.15) is 13.3 Å². The lowest BCUT2D eigenvalue weighted by molar-refractivity contribution is -0.133. The largest absolute Gasteiger partial charge is 0.396 e. The van der Waals surface area contributed by atoms with Gasteiger partial charge in [0.05, 0.1) is 6.04 Å². The average molecular weight is 215 g/mol. The molecule has 1 fully saturated rings. The third kappa shape index (κ3) is 3.77. The summed E-state index contributed by atoms with van der Waals surface area (Å²) in [5.41, 5.74) is 0. The molecule has 1 aliphatic rings. The number of carbonyl (C=O) groups is 1. The van der Waals surface area contributed by atoms with Crippen LogP contribution in [-0.2, 0) is 4.79 Å². The maximum Gasteiger partial charge on any atom is 0.241 e. The highest BCUT2D eigenvalue weighted by molar-refractivity contribution is 5.82. The number of carbonyl (C=O) groups excluding carboxylic acids is 1. The van der Waals surface area contributed by atoms with Gasteiger partial charge in [0, 0.05) is 39.3 Å². The number of hydrogen-bond donors (Lipinski definition) is 3. The Morgan fingerprint density at radius 2 is 2.33 bits per heavy atom. The Hall–Kier alpha value is -0.650. The summed E-state index contributed by atoms with van der Waals surface area (Å²) in [5, 5.41) is 15.1. The minimum atomic E-state index is -0.0996. The number of nitrogens with one attached hydrogen (secondary N) is 2. The van der Waals surface area contributed by atoms with Crippen LogP contribution in [0.2, 0.25) is 0 Å². The van der Waals surface area contributed by atoms with E-state index in [1.807, 2.05) is 6.92 Å². The Labute approximate surface area is 90.8 Å². The lowest BCUT2D eigenvalue weighted by atomic mass is 10.2. The zero-order valence-electron chi connectivity index (χ0n) is 9.33. The van der Waals surface area contributed by atoms with Crippen molar-refractivity contribution in [3.05, 3.63) is 0 Å². The number of aliphatic hydroxyl groups excluding tert-OH is 1. The van der Waals surface area contributed by atoms with Crippen LogP contribution in [0.3, 0.4) is 0 Å². The van der Waals surface area contributed by atoms with E-state index in [1.54, 1.807) is 4.90 Å². The van der Waals surface area contributed by atoms with Crippen LogP contribution in [0.25, 0.3) is 0 Å². The molecule has 0 saturated carbocycles. The van der Waals surface area contributed by atoms with Gasteiger partial charge < -0.3 is 20.6 Å². The van der Waals surface area contributed by atoms with Crippen LogP contribution in [0.4, 0.5) is 0 Å². The van der Waals surface area contributed by atoms with E-state index < -0.39 is 0 Å². The Morgan fingerprint density at radius 1 is 1.53 bits per heavy atom. The molecule has 0 aromatic carbocycles. The predicted octanol–water partition coefficient (Wildman–Crippen LogP) is -1.22. The van der Waals surface area contributed by atoms with E-state index >= 15 is 0 Å². The molecule has 3 N–H and O–H groups in total. The van der Waals surface area contributed by atoms with Crippen LogP contribution >= 0.6 is 0 Å². The summed E-state index contributed by atoms with van der Waals surface area (Å²) in [7, 11) is 0. The van der Waals surface area contributed by atoms with Gasteiger partial charge >= 0.3 is 0 Å². The smallest absolute Gasteiger partial charge is 0.241 e. The van der Waals surface area contributed by atoms with Crippen molar-refractivity contribution in [2.24, 2.45) is 0 Å². The molecular weight excluding hydrogens is 194 g/mol. The van der Waals surface area contributed by atoms with Gasteiger partial charge in [0.25, 0.3) is 0 Å². The van der Waals surface area contributed by atoms with Gasteiger partial charge in [-0.2, -0.15) is 0 Å². The monoisotopic (exact) mass is 215 g/mol. The zero-order chi connectivity index (χ0) is 11.1. The predicted molar refractivity (Wildman–Crippen MR) is 58.6 cm³/mol. The summed E-state index contributed by atoms with van der Waals surface area (Å²) < 4.78 is 0. The van der Waals surface area contributed by atoms with Gasteiger partial charge in [-0.1, -0.05) is 0 Å². The number of amides is 1. The normalized spacial score (nSPS) is 21.3. The quantitative estimate of drug-likeness (QED) is 0.538. The average Bonchev–Trinajstić information content (AvgIpc) is 2.31. The number of likely N-dealkylation sites (N-methyl/N-ethyl adjacent to an activating group) is 1. The number of rotatable bonds is 5. The van der Waals surface area contributed by atoms with Crippen LogP contribution in [0.5, 0.6) is 0 Å². The molecule has 1 unspecified atom stereocenters. The zero-order valence-corrected chi connectivity index (χ0v) is 9.33. The van der Waals surface area contributed by atoms with Crippen molar-refractivity contribution in [1.29, 1.82) is 0 Å². The molecule has 1 aliphatic heterocycles. The van der Waals surface area contributed by atoms with E-state index in [-0.39, 0.29) is 18.6 Å². The molecule has 0 spiro atoms. The molecular formula is C10H21N3O2. The molecule has 0 aliphatic carbocycles. The van der Waals surface area contributed by atoms with E-state index in [9.17, 15) is 4.79 Å². The highest BCUT2D eigenvalue weighted by Crippen LogP contribution is 1.98. The maximum absolute atomic E-state index is 12.0. The second-order valence-electron chi connectivity index (χ2n) is 3.71. The van der Waals surface area contributed by atoms with Crippen molar-refractivity contribution in [1.82, 2.24) is 15.5 Å². The van der Waals surface area contributed by atoms with Crippen LogP contribution in [-0.4, -0.2) is 61.3 Å². The molecule has 1 atom stereocenters. The van der Waals surface area contributed by atoms with Crippen molar-refractivity contribution < 1.29 is 9.90 Å². The highest BCUT2D eigenvalue weighted by atomic mass is 16.3. The fourth-order valence-corrected chi connectivity index (χ4v) is 1.73. The second-order valence-corrected chi connectivity index (χ2v) is 3.71. The van der Waals surface area contributed by atoms with Crippen molar-refractivity contribution in [2.75, 3.05) is 39.3 Å². The molecule has 0 bridgehead atoms. The Morgan fingerprint density at radius 3 is 2.87 bits per heavy atom. The first kappa shape index (κ1) is 12.4. The lowest BCUT2D eigenvalue weighted by Gasteiger charge is -2.29. The summed E-state index contributed by atoms with van der Waals surface area (Å²) in [6, 6.07) is -0.0996. The van der Waals surface area contributed by atoms with Crippen molar-refractivity contribution >= 4 is 5.91 Å². The van der Waals surface area contributed by atoms with Gasteiger partial charge in [-0.05, 0) is 13.3 Å².